The average molecular weight is 360 g/mol. The lowest BCUT2D eigenvalue weighted by Gasteiger charge is -1.99. The summed E-state index contributed by atoms with van der Waals surface area (Å²) in [7, 11) is 1.84. The molecular weight excluding hydrogens is 344 g/mol. The topological polar surface area (TPSA) is 115 Å². The summed E-state index contributed by atoms with van der Waals surface area (Å²) in [6, 6.07) is 1.54. The second kappa shape index (κ2) is 6.85. The van der Waals surface area contributed by atoms with Crippen LogP contribution in [-0.2, 0) is 18.4 Å². The Morgan fingerprint density at radius 2 is 2.16 bits per heavy atom. The summed E-state index contributed by atoms with van der Waals surface area (Å²) in [5, 5.41) is 22.0. The maximum atomic E-state index is 12.2. The summed E-state index contributed by atoms with van der Waals surface area (Å²) in [6.07, 6.45) is 3.40. The summed E-state index contributed by atoms with van der Waals surface area (Å²) in [6.45, 7) is 2.11. The summed E-state index contributed by atoms with van der Waals surface area (Å²) in [5.74, 6) is -1.31. The van der Waals surface area contributed by atoms with E-state index in [-0.39, 0.29) is 18.7 Å². The third-order valence-electron chi connectivity index (χ3n) is 3.44. The second-order valence-electron chi connectivity index (χ2n) is 5.40. The van der Waals surface area contributed by atoms with Gasteiger partial charge < -0.3 is 5.11 Å². The molecule has 0 fully saturated rings. The predicted molar refractivity (Wildman–Crippen MR) is 91.5 cm³/mol. The molecule has 0 aliphatic rings. The molecule has 9 nitrogen and oxygen atoms in total. The zero-order valence-electron chi connectivity index (χ0n) is 13.6. The van der Waals surface area contributed by atoms with Crippen LogP contribution in [0, 0.1) is 6.92 Å². The Bertz CT molecular complexity index is 925. The van der Waals surface area contributed by atoms with Crippen molar-refractivity contribution >= 4 is 28.3 Å². The molecule has 0 aliphatic heterocycles. The Hall–Kier alpha value is -3.01. The number of anilines is 1. The molecule has 0 spiro atoms. The van der Waals surface area contributed by atoms with Crippen LogP contribution in [-0.4, -0.2) is 41.5 Å². The van der Waals surface area contributed by atoms with Crippen LogP contribution >= 0.6 is 11.3 Å². The first-order valence-corrected chi connectivity index (χ1v) is 8.33. The Morgan fingerprint density at radius 3 is 2.84 bits per heavy atom. The number of nitrogens with zero attached hydrogens (tertiary/aromatic N) is 5. The minimum absolute atomic E-state index is 0.0525. The fourth-order valence-electron chi connectivity index (χ4n) is 2.28. The predicted octanol–water partition coefficient (Wildman–Crippen LogP) is 1.78. The third kappa shape index (κ3) is 3.91. The van der Waals surface area contributed by atoms with Gasteiger partial charge in [-0.15, -0.1) is 11.3 Å². The molecule has 0 bridgehead atoms. The number of nitrogens with one attached hydrogen (secondary N) is 1. The van der Waals surface area contributed by atoms with Crippen molar-refractivity contribution in [2.24, 2.45) is 7.05 Å². The molecule has 0 saturated carbocycles. The van der Waals surface area contributed by atoms with E-state index in [0.717, 1.165) is 17.0 Å². The van der Waals surface area contributed by atoms with Crippen LogP contribution in [0.2, 0.25) is 0 Å². The SMILES string of the molecule is Cc1nn(C)cc1-c1csc(NC(=O)c2ccn(CCC(=O)O)n2)n1. The van der Waals surface area contributed by atoms with Crippen LogP contribution in [0.25, 0.3) is 11.3 Å². The molecule has 0 atom stereocenters. The lowest BCUT2D eigenvalue weighted by molar-refractivity contribution is -0.137. The number of carboxylic acid groups (broad SMARTS) is 1. The van der Waals surface area contributed by atoms with Crippen LogP contribution in [0.1, 0.15) is 22.6 Å². The van der Waals surface area contributed by atoms with E-state index in [1.165, 1.54) is 22.1 Å². The van der Waals surface area contributed by atoms with Crippen molar-refractivity contribution in [1.82, 2.24) is 24.5 Å². The van der Waals surface area contributed by atoms with Gasteiger partial charge in [-0.25, -0.2) is 4.98 Å². The van der Waals surface area contributed by atoms with Crippen molar-refractivity contribution in [2.75, 3.05) is 5.32 Å². The Kier molecular flexibility index (Phi) is 4.61. The van der Waals surface area contributed by atoms with Crippen LogP contribution in [0.3, 0.4) is 0 Å². The number of carbonyl (C=O) groups excluding carboxylic acids is 1. The smallest absolute Gasteiger partial charge is 0.305 e. The summed E-state index contributed by atoms with van der Waals surface area (Å²) in [5.41, 5.74) is 2.73. The lowest BCUT2D eigenvalue weighted by atomic mass is 10.2. The van der Waals surface area contributed by atoms with Crippen LogP contribution in [0.4, 0.5) is 5.13 Å². The van der Waals surface area contributed by atoms with E-state index in [4.69, 9.17) is 5.11 Å². The van der Waals surface area contributed by atoms with Crippen molar-refractivity contribution in [2.45, 2.75) is 19.9 Å². The van der Waals surface area contributed by atoms with Crippen molar-refractivity contribution in [3.05, 3.63) is 35.2 Å². The first-order valence-electron chi connectivity index (χ1n) is 7.45. The summed E-state index contributed by atoms with van der Waals surface area (Å²) < 4.78 is 3.14. The summed E-state index contributed by atoms with van der Waals surface area (Å²) in [4.78, 5) is 27.2. The fraction of sp³-hybridized carbons (Fsp3) is 0.267. The Labute approximate surface area is 146 Å². The number of amides is 1. The molecule has 2 N–H and O–H groups in total. The largest absolute Gasteiger partial charge is 0.481 e. The van der Waals surface area contributed by atoms with E-state index in [9.17, 15) is 9.59 Å². The number of aryl methyl sites for hydroxylation is 3. The average Bonchev–Trinajstić information content (AvgIpc) is 3.25. The maximum absolute atomic E-state index is 12.2. The van der Waals surface area contributed by atoms with E-state index in [1.807, 2.05) is 25.5 Å². The molecule has 25 heavy (non-hydrogen) atoms. The van der Waals surface area contributed by atoms with Gasteiger partial charge in [-0.05, 0) is 13.0 Å². The number of aromatic nitrogens is 5. The van der Waals surface area contributed by atoms with Crippen molar-refractivity contribution in [3.63, 3.8) is 0 Å². The highest BCUT2D eigenvalue weighted by Crippen LogP contribution is 2.26. The minimum Gasteiger partial charge on any atom is -0.481 e. The van der Waals surface area contributed by atoms with Crippen LogP contribution in [0.5, 0.6) is 0 Å². The quantitative estimate of drug-likeness (QED) is 0.692. The Balaban J connectivity index is 1.67. The number of thiazole rings is 1. The highest BCUT2D eigenvalue weighted by Gasteiger charge is 2.14. The molecule has 0 aromatic carbocycles. The van der Waals surface area contributed by atoms with Gasteiger partial charge >= 0.3 is 5.97 Å². The van der Waals surface area contributed by atoms with E-state index >= 15 is 0 Å². The van der Waals surface area contributed by atoms with Gasteiger partial charge in [0, 0.05) is 30.4 Å². The monoisotopic (exact) mass is 360 g/mol. The number of rotatable bonds is 6. The summed E-state index contributed by atoms with van der Waals surface area (Å²) >= 11 is 1.31. The molecule has 1 amide bonds. The number of hydrogen-bond donors (Lipinski definition) is 2. The minimum atomic E-state index is -0.914. The normalized spacial score (nSPS) is 10.8. The van der Waals surface area contributed by atoms with E-state index in [2.05, 4.69) is 20.5 Å². The first kappa shape index (κ1) is 16.8. The van der Waals surface area contributed by atoms with Crippen molar-refractivity contribution < 1.29 is 14.7 Å². The molecule has 0 radical (unpaired) electrons. The van der Waals surface area contributed by atoms with E-state index in [0.29, 0.717) is 5.13 Å². The number of carboxylic acids is 1. The maximum Gasteiger partial charge on any atom is 0.305 e. The first-order chi connectivity index (χ1) is 11.9. The van der Waals surface area contributed by atoms with Crippen molar-refractivity contribution in [3.8, 4) is 11.3 Å². The number of hydrogen-bond acceptors (Lipinski definition) is 6. The van der Waals surface area contributed by atoms with Gasteiger partial charge in [-0.3, -0.25) is 24.3 Å². The molecule has 10 heteroatoms. The molecule has 130 valence electrons. The molecular formula is C15H16N6O3S. The molecule has 0 saturated heterocycles. The van der Waals surface area contributed by atoms with Crippen LogP contribution < -0.4 is 5.32 Å². The van der Waals surface area contributed by atoms with Gasteiger partial charge in [0.2, 0.25) is 0 Å². The fourth-order valence-corrected chi connectivity index (χ4v) is 2.99. The zero-order chi connectivity index (χ0) is 18.0. The molecule has 3 aromatic heterocycles. The van der Waals surface area contributed by atoms with Crippen LogP contribution in [0.15, 0.2) is 23.8 Å². The lowest BCUT2D eigenvalue weighted by Crippen LogP contribution is -2.13. The highest BCUT2D eigenvalue weighted by molar-refractivity contribution is 7.14. The standard InChI is InChI=1S/C15H16N6O3S/c1-9-10(7-20(2)18-9)12-8-25-15(16-12)17-14(24)11-3-5-21(19-11)6-4-13(22)23/h3,5,7-8H,4,6H2,1-2H3,(H,22,23)(H,16,17,24). The number of carbonyl (C=O) groups is 2. The van der Waals surface area contributed by atoms with Gasteiger partial charge in [0.15, 0.2) is 10.8 Å². The zero-order valence-corrected chi connectivity index (χ0v) is 14.4. The molecule has 3 aromatic rings. The van der Waals surface area contributed by atoms with Crippen molar-refractivity contribution in [1.29, 1.82) is 0 Å². The molecule has 0 aliphatic carbocycles. The molecule has 3 heterocycles. The van der Waals surface area contributed by atoms with E-state index in [1.54, 1.807) is 10.9 Å². The van der Waals surface area contributed by atoms with Gasteiger partial charge in [-0.1, -0.05) is 0 Å². The van der Waals surface area contributed by atoms with Gasteiger partial charge in [0.1, 0.15) is 0 Å². The van der Waals surface area contributed by atoms with Gasteiger partial charge in [-0.2, -0.15) is 10.2 Å². The van der Waals surface area contributed by atoms with Gasteiger partial charge in [0.05, 0.1) is 24.4 Å². The molecule has 0 unspecified atom stereocenters. The Morgan fingerprint density at radius 1 is 1.36 bits per heavy atom. The highest BCUT2D eigenvalue weighted by atomic mass is 32.1. The van der Waals surface area contributed by atoms with Gasteiger partial charge in [0.25, 0.3) is 5.91 Å². The molecule has 3 rings (SSSR count). The second-order valence-corrected chi connectivity index (χ2v) is 6.26. The number of aliphatic carboxylic acids is 1. The third-order valence-corrected chi connectivity index (χ3v) is 4.20. The van der Waals surface area contributed by atoms with E-state index < -0.39 is 11.9 Å².